The molecule has 0 unspecified atom stereocenters. The van der Waals surface area contributed by atoms with Crippen molar-refractivity contribution in [3.63, 3.8) is 0 Å². The summed E-state index contributed by atoms with van der Waals surface area (Å²) in [5.41, 5.74) is 4.43. The number of rotatable bonds is 8. The summed E-state index contributed by atoms with van der Waals surface area (Å²) in [7, 11) is 0. The van der Waals surface area contributed by atoms with Crippen molar-refractivity contribution in [3.05, 3.63) is 70.8 Å². The van der Waals surface area contributed by atoms with Crippen LogP contribution in [0.4, 0.5) is 0 Å². The molecule has 0 saturated heterocycles. The SMILES string of the molecule is Cc1cc(C)cc(CC(=O)N(CCc2ccccc2)[C@@H](C)C(=O)NC(C)C)c1. The predicted molar refractivity (Wildman–Crippen MR) is 114 cm³/mol. The number of benzene rings is 2. The number of carbonyl (C=O) groups excluding carboxylic acids is 2. The molecule has 28 heavy (non-hydrogen) atoms. The van der Waals surface area contributed by atoms with Crippen molar-refractivity contribution in [2.75, 3.05) is 6.54 Å². The van der Waals surface area contributed by atoms with Crippen molar-refractivity contribution in [2.45, 2.75) is 59.5 Å². The quantitative estimate of drug-likeness (QED) is 0.757. The molecule has 0 aliphatic carbocycles. The smallest absolute Gasteiger partial charge is 0.242 e. The highest BCUT2D eigenvalue weighted by Crippen LogP contribution is 2.13. The fraction of sp³-hybridized carbons (Fsp3) is 0.417. The molecule has 150 valence electrons. The summed E-state index contributed by atoms with van der Waals surface area (Å²) in [6.07, 6.45) is 1.02. The first kappa shape index (κ1) is 21.7. The van der Waals surface area contributed by atoms with E-state index in [-0.39, 0.29) is 17.9 Å². The highest BCUT2D eigenvalue weighted by molar-refractivity contribution is 5.88. The van der Waals surface area contributed by atoms with Crippen LogP contribution in [-0.2, 0) is 22.4 Å². The largest absolute Gasteiger partial charge is 0.352 e. The van der Waals surface area contributed by atoms with Gasteiger partial charge in [0.05, 0.1) is 6.42 Å². The molecule has 0 radical (unpaired) electrons. The van der Waals surface area contributed by atoms with Gasteiger partial charge in [0, 0.05) is 12.6 Å². The highest BCUT2D eigenvalue weighted by atomic mass is 16.2. The topological polar surface area (TPSA) is 49.4 Å². The lowest BCUT2D eigenvalue weighted by atomic mass is 10.0. The average molecular weight is 381 g/mol. The summed E-state index contributed by atoms with van der Waals surface area (Å²) in [4.78, 5) is 27.4. The molecule has 0 aliphatic heterocycles. The van der Waals surface area contributed by atoms with E-state index in [4.69, 9.17) is 0 Å². The second kappa shape index (κ2) is 10.1. The first-order valence-electron chi connectivity index (χ1n) is 9.97. The molecule has 2 rings (SSSR count). The second-order valence-electron chi connectivity index (χ2n) is 7.83. The molecule has 0 spiro atoms. The number of hydrogen-bond acceptors (Lipinski definition) is 2. The Labute approximate surface area is 169 Å². The van der Waals surface area contributed by atoms with Gasteiger partial charge in [-0.1, -0.05) is 59.7 Å². The number of carbonyl (C=O) groups is 2. The molecule has 1 N–H and O–H groups in total. The lowest BCUT2D eigenvalue weighted by molar-refractivity contribution is -0.139. The number of nitrogens with zero attached hydrogens (tertiary/aromatic N) is 1. The van der Waals surface area contributed by atoms with Gasteiger partial charge in [0.2, 0.25) is 11.8 Å². The van der Waals surface area contributed by atoms with E-state index in [1.165, 1.54) is 0 Å². The van der Waals surface area contributed by atoms with Gasteiger partial charge in [-0.2, -0.15) is 0 Å². The lowest BCUT2D eigenvalue weighted by Gasteiger charge is -2.29. The summed E-state index contributed by atoms with van der Waals surface area (Å²) in [5, 5.41) is 2.93. The minimum absolute atomic E-state index is 0.0210. The molecule has 1 atom stereocenters. The van der Waals surface area contributed by atoms with Crippen LogP contribution in [0.2, 0.25) is 0 Å². The number of hydrogen-bond donors (Lipinski definition) is 1. The maximum Gasteiger partial charge on any atom is 0.242 e. The zero-order valence-corrected chi connectivity index (χ0v) is 17.7. The average Bonchev–Trinajstić information content (AvgIpc) is 2.61. The van der Waals surface area contributed by atoms with E-state index in [0.29, 0.717) is 13.0 Å². The van der Waals surface area contributed by atoms with E-state index >= 15 is 0 Å². The zero-order valence-electron chi connectivity index (χ0n) is 17.7. The van der Waals surface area contributed by atoms with Crippen LogP contribution in [0.15, 0.2) is 48.5 Å². The van der Waals surface area contributed by atoms with Gasteiger partial charge < -0.3 is 10.2 Å². The van der Waals surface area contributed by atoms with E-state index in [1.807, 2.05) is 77.1 Å². The highest BCUT2D eigenvalue weighted by Gasteiger charge is 2.26. The van der Waals surface area contributed by atoms with Crippen LogP contribution in [-0.4, -0.2) is 35.3 Å². The van der Waals surface area contributed by atoms with Gasteiger partial charge in [0.15, 0.2) is 0 Å². The molecule has 2 amide bonds. The minimum Gasteiger partial charge on any atom is -0.352 e. The van der Waals surface area contributed by atoms with Gasteiger partial charge in [-0.25, -0.2) is 0 Å². The number of amides is 2. The summed E-state index contributed by atoms with van der Waals surface area (Å²) in [5.74, 6) is -0.135. The molecule has 4 heteroatoms. The fourth-order valence-electron chi connectivity index (χ4n) is 3.42. The maximum absolute atomic E-state index is 13.1. The fourth-order valence-corrected chi connectivity index (χ4v) is 3.42. The molecule has 2 aromatic carbocycles. The van der Waals surface area contributed by atoms with E-state index < -0.39 is 6.04 Å². The summed E-state index contributed by atoms with van der Waals surface area (Å²) in [6, 6.07) is 15.8. The number of nitrogens with one attached hydrogen (secondary N) is 1. The lowest BCUT2D eigenvalue weighted by Crippen LogP contribution is -2.50. The maximum atomic E-state index is 13.1. The summed E-state index contributed by atoms with van der Waals surface area (Å²) in [6.45, 7) is 10.2. The Morgan fingerprint density at radius 1 is 0.929 bits per heavy atom. The number of aryl methyl sites for hydroxylation is 2. The van der Waals surface area contributed by atoms with Crippen LogP contribution in [0, 0.1) is 13.8 Å². The second-order valence-corrected chi connectivity index (χ2v) is 7.83. The van der Waals surface area contributed by atoms with Crippen LogP contribution in [0.25, 0.3) is 0 Å². The van der Waals surface area contributed by atoms with Crippen molar-refractivity contribution in [2.24, 2.45) is 0 Å². The summed E-state index contributed by atoms with van der Waals surface area (Å²) < 4.78 is 0. The van der Waals surface area contributed by atoms with Gasteiger partial charge in [-0.3, -0.25) is 9.59 Å². The van der Waals surface area contributed by atoms with Crippen LogP contribution < -0.4 is 5.32 Å². The normalized spacial score (nSPS) is 11.9. The molecule has 0 heterocycles. The monoisotopic (exact) mass is 380 g/mol. The predicted octanol–water partition coefficient (Wildman–Crippen LogP) is 3.83. The zero-order chi connectivity index (χ0) is 20.7. The Bertz CT molecular complexity index is 779. The Hall–Kier alpha value is -2.62. The van der Waals surface area contributed by atoms with Crippen LogP contribution in [0.5, 0.6) is 0 Å². The third-order valence-electron chi connectivity index (χ3n) is 4.72. The van der Waals surface area contributed by atoms with E-state index in [2.05, 4.69) is 11.4 Å². The summed E-state index contributed by atoms with van der Waals surface area (Å²) >= 11 is 0. The molecule has 0 fully saturated rings. The van der Waals surface area contributed by atoms with Crippen molar-refractivity contribution in [1.82, 2.24) is 10.2 Å². The molecule has 0 aliphatic rings. The third kappa shape index (κ3) is 6.52. The van der Waals surface area contributed by atoms with Gasteiger partial charge in [-0.15, -0.1) is 0 Å². The van der Waals surface area contributed by atoms with E-state index in [0.717, 1.165) is 28.7 Å². The Balaban J connectivity index is 2.17. The van der Waals surface area contributed by atoms with Crippen LogP contribution in [0.3, 0.4) is 0 Å². The van der Waals surface area contributed by atoms with Gasteiger partial charge >= 0.3 is 0 Å². The molecule has 0 saturated carbocycles. The van der Waals surface area contributed by atoms with E-state index in [1.54, 1.807) is 4.90 Å². The standard InChI is InChI=1S/C24H32N2O2/c1-17(2)25-24(28)20(5)26(12-11-21-9-7-6-8-10-21)23(27)16-22-14-18(3)13-19(4)15-22/h6-10,13-15,17,20H,11-12,16H2,1-5H3,(H,25,28)/t20-/m0/s1. The first-order chi connectivity index (χ1) is 13.3. The van der Waals surface area contributed by atoms with Crippen LogP contribution >= 0.6 is 0 Å². The van der Waals surface area contributed by atoms with Gasteiger partial charge in [-0.05, 0) is 52.2 Å². The Kier molecular flexibility index (Phi) is 7.80. The molecule has 4 nitrogen and oxygen atoms in total. The van der Waals surface area contributed by atoms with Crippen molar-refractivity contribution in [3.8, 4) is 0 Å². The molecule has 0 bridgehead atoms. The molecular formula is C24H32N2O2. The van der Waals surface area contributed by atoms with Crippen LogP contribution in [0.1, 0.15) is 43.0 Å². The molecule has 2 aromatic rings. The molecule has 0 aromatic heterocycles. The van der Waals surface area contributed by atoms with Gasteiger partial charge in [0.25, 0.3) is 0 Å². The molecular weight excluding hydrogens is 348 g/mol. The van der Waals surface area contributed by atoms with Crippen molar-refractivity contribution in [1.29, 1.82) is 0 Å². The minimum atomic E-state index is -0.510. The third-order valence-corrected chi connectivity index (χ3v) is 4.72. The van der Waals surface area contributed by atoms with Gasteiger partial charge in [0.1, 0.15) is 6.04 Å². The Morgan fingerprint density at radius 3 is 2.11 bits per heavy atom. The Morgan fingerprint density at radius 2 is 1.54 bits per heavy atom. The first-order valence-corrected chi connectivity index (χ1v) is 9.97. The van der Waals surface area contributed by atoms with E-state index in [9.17, 15) is 9.59 Å². The van der Waals surface area contributed by atoms with Crippen molar-refractivity contribution < 1.29 is 9.59 Å². The van der Waals surface area contributed by atoms with Crippen molar-refractivity contribution >= 4 is 11.8 Å².